The van der Waals surface area contributed by atoms with Crippen molar-refractivity contribution in [3.05, 3.63) is 53.5 Å². The summed E-state index contributed by atoms with van der Waals surface area (Å²) in [6.07, 6.45) is 2.72. The summed E-state index contributed by atoms with van der Waals surface area (Å²) in [5.41, 5.74) is 2.38. The average Bonchev–Trinajstić information content (AvgIpc) is 2.85. The van der Waals surface area contributed by atoms with Crippen LogP contribution in [0.5, 0.6) is 5.75 Å². The fourth-order valence-corrected chi connectivity index (χ4v) is 1.83. The van der Waals surface area contributed by atoms with E-state index < -0.39 is 0 Å². The number of benzene rings is 1. The van der Waals surface area contributed by atoms with Crippen molar-refractivity contribution in [3.8, 4) is 5.75 Å². The molecule has 2 rings (SSSR count). The molecule has 0 saturated heterocycles. The van der Waals surface area contributed by atoms with Crippen LogP contribution in [0, 0.1) is 0 Å². The van der Waals surface area contributed by atoms with E-state index in [0.29, 0.717) is 6.61 Å². The van der Waals surface area contributed by atoms with Gasteiger partial charge in [-0.2, -0.15) is 0 Å². The molecule has 18 heavy (non-hydrogen) atoms. The van der Waals surface area contributed by atoms with Crippen LogP contribution >= 0.6 is 0 Å². The van der Waals surface area contributed by atoms with Crippen molar-refractivity contribution in [2.24, 2.45) is 0 Å². The van der Waals surface area contributed by atoms with E-state index in [1.54, 1.807) is 6.26 Å². The number of aryl methyl sites for hydroxylation is 1. The molecule has 1 heterocycles. The van der Waals surface area contributed by atoms with Gasteiger partial charge in [0.05, 0.1) is 12.8 Å². The smallest absolute Gasteiger partial charge is 0.124 e. The molecule has 1 aromatic heterocycles. The predicted octanol–water partition coefficient (Wildman–Crippen LogP) is 3.14. The van der Waals surface area contributed by atoms with E-state index in [9.17, 15) is 0 Å². The molecular weight excluding hydrogens is 226 g/mol. The summed E-state index contributed by atoms with van der Waals surface area (Å²) < 4.78 is 11.2. The molecule has 96 valence electrons. The first-order chi connectivity index (χ1) is 8.83. The summed E-state index contributed by atoms with van der Waals surface area (Å²) in [5.74, 6) is 1.84. The van der Waals surface area contributed by atoms with Gasteiger partial charge in [-0.05, 0) is 37.2 Å². The lowest BCUT2D eigenvalue weighted by Gasteiger charge is -2.07. The predicted molar refractivity (Wildman–Crippen MR) is 71.6 cm³/mol. The first-order valence-corrected chi connectivity index (χ1v) is 6.25. The third-order valence-electron chi connectivity index (χ3n) is 2.88. The summed E-state index contributed by atoms with van der Waals surface area (Å²) in [6.45, 7) is 3.40. The highest BCUT2D eigenvalue weighted by atomic mass is 16.5. The quantitative estimate of drug-likeness (QED) is 0.849. The maximum absolute atomic E-state index is 5.79. The second kappa shape index (κ2) is 6.26. The molecular formula is C15H19NO2. The fourth-order valence-electron chi connectivity index (χ4n) is 1.83. The second-order valence-electron chi connectivity index (χ2n) is 4.19. The van der Waals surface area contributed by atoms with Crippen LogP contribution in [0.2, 0.25) is 0 Å². The van der Waals surface area contributed by atoms with Crippen molar-refractivity contribution in [2.75, 3.05) is 7.05 Å². The Labute approximate surface area is 108 Å². The zero-order chi connectivity index (χ0) is 12.8. The van der Waals surface area contributed by atoms with Crippen molar-refractivity contribution in [3.63, 3.8) is 0 Å². The Bertz CT molecular complexity index is 491. The van der Waals surface area contributed by atoms with Gasteiger partial charge in [0.2, 0.25) is 0 Å². The van der Waals surface area contributed by atoms with Crippen LogP contribution in [0.25, 0.3) is 0 Å². The highest BCUT2D eigenvalue weighted by Crippen LogP contribution is 2.17. The van der Waals surface area contributed by atoms with Crippen molar-refractivity contribution in [1.82, 2.24) is 5.32 Å². The minimum Gasteiger partial charge on any atom is -0.489 e. The van der Waals surface area contributed by atoms with Crippen molar-refractivity contribution in [2.45, 2.75) is 26.5 Å². The van der Waals surface area contributed by atoms with E-state index >= 15 is 0 Å². The lowest BCUT2D eigenvalue weighted by atomic mass is 10.2. The molecule has 0 fully saturated rings. The summed E-state index contributed by atoms with van der Waals surface area (Å²) >= 11 is 0. The summed E-state index contributed by atoms with van der Waals surface area (Å²) in [7, 11) is 1.90. The first kappa shape index (κ1) is 12.7. The van der Waals surface area contributed by atoms with Gasteiger partial charge in [0.25, 0.3) is 0 Å². The number of nitrogens with one attached hydrogen (secondary N) is 1. The molecule has 0 aliphatic rings. The number of furan rings is 1. The SMILES string of the molecule is CCc1cccc(OCc2ccoc2CNC)c1. The fraction of sp³-hybridized carbons (Fsp3) is 0.333. The van der Waals surface area contributed by atoms with Crippen molar-refractivity contribution < 1.29 is 9.15 Å². The molecule has 0 spiro atoms. The van der Waals surface area contributed by atoms with Crippen LogP contribution in [0.3, 0.4) is 0 Å². The van der Waals surface area contributed by atoms with Gasteiger partial charge in [0.15, 0.2) is 0 Å². The number of ether oxygens (including phenoxy) is 1. The molecule has 3 nitrogen and oxygen atoms in total. The Morgan fingerprint density at radius 1 is 1.28 bits per heavy atom. The molecule has 0 bridgehead atoms. The van der Waals surface area contributed by atoms with Gasteiger partial charge in [-0.25, -0.2) is 0 Å². The number of hydrogen-bond acceptors (Lipinski definition) is 3. The Hall–Kier alpha value is -1.74. The van der Waals surface area contributed by atoms with Crippen LogP contribution < -0.4 is 10.1 Å². The van der Waals surface area contributed by atoms with E-state index in [-0.39, 0.29) is 0 Å². The van der Waals surface area contributed by atoms with Crippen LogP contribution in [0.15, 0.2) is 41.0 Å². The molecule has 0 amide bonds. The zero-order valence-electron chi connectivity index (χ0n) is 10.9. The molecule has 2 aromatic rings. The standard InChI is InChI=1S/C15H19NO2/c1-3-12-5-4-6-14(9-12)18-11-13-7-8-17-15(13)10-16-2/h4-9,16H,3,10-11H2,1-2H3. The highest BCUT2D eigenvalue weighted by Gasteiger charge is 2.06. The Balaban J connectivity index is 1.99. The van der Waals surface area contributed by atoms with Crippen LogP contribution in [0.4, 0.5) is 0 Å². The molecule has 1 aromatic carbocycles. The van der Waals surface area contributed by atoms with Crippen LogP contribution in [0.1, 0.15) is 23.8 Å². The molecule has 0 aliphatic carbocycles. The molecule has 1 N–H and O–H groups in total. The van der Waals surface area contributed by atoms with E-state index in [2.05, 4.69) is 24.4 Å². The minimum absolute atomic E-state index is 0.542. The Morgan fingerprint density at radius 2 is 2.17 bits per heavy atom. The van der Waals surface area contributed by atoms with Crippen LogP contribution in [-0.2, 0) is 19.6 Å². The number of hydrogen-bond donors (Lipinski definition) is 1. The lowest BCUT2D eigenvalue weighted by Crippen LogP contribution is -2.07. The van der Waals surface area contributed by atoms with E-state index in [4.69, 9.17) is 9.15 Å². The average molecular weight is 245 g/mol. The highest BCUT2D eigenvalue weighted by molar-refractivity contribution is 5.29. The number of rotatable bonds is 6. The Morgan fingerprint density at radius 3 is 2.94 bits per heavy atom. The molecule has 0 atom stereocenters. The molecule has 0 radical (unpaired) electrons. The normalized spacial score (nSPS) is 10.6. The topological polar surface area (TPSA) is 34.4 Å². The largest absolute Gasteiger partial charge is 0.489 e. The van der Waals surface area contributed by atoms with Gasteiger partial charge in [-0.1, -0.05) is 19.1 Å². The van der Waals surface area contributed by atoms with Crippen molar-refractivity contribution >= 4 is 0 Å². The summed E-state index contributed by atoms with van der Waals surface area (Å²) in [5, 5.41) is 3.08. The van der Waals surface area contributed by atoms with Crippen LogP contribution in [-0.4, -0.2) is 7.05 Å². The maximum Gasteiger partial charge on any atom is 0.124 e. The Kier molecular flexibility index (Phi) is 4.42. The van der Waals surface area contributed by atoms with Gasteiger partial charge >= 0.3 is 0 Å². The van der Waals surface area contributed by atoms with Gasteiger partial charge < -0.3 is 14.5 Å². The van der Waals surface area contributed by atoms with E-state index in [1.165, 1.54) is 5.56 Å². The molecule has 3 heteroatoms. The van der Waals surface area contributed by atoms with Gasteiger partial charge in [-0.15, -0.1) is 0 Å². The second-order valence-corrected chi connectivity index (χ2v) is 4.19. The zero-order valence-corrected chi connectivity index (χ0v) is 10.9. The molecule has 0 saturated carbocycles. The van der Waals surface area contributed by atoms with Gasteiger partial charge in [-0.3, -0.25) is 0 Å². The summed E-state index contributed by atoms with van der Waals surface area (Å²) in [4.78, 5) is 0. The van der Waals surface area contributed by atoms with Gasteiger partial charge in [0.1, 0.15) is 18.1 Å². The minimum atomic E-state index is 0.542. The lowest BCUT2D eigenvalue weighted by molar-refractivity contribution is 0.301. The third-order valence-corrected chi connectivity index (χ3v) is 2.88. The maximum atomic E-state index is 5.79. The van der Waals surface area contributed by atoms with E-state index in [1.807, 2.05) is 25.2 Å². The van der Waals surface area contributed by atoms with Gasteiger partial charge in [0, 0.05) is 5.56 Å². The molecule has 0 unspecified atom stereocenters. The summed E-state index contributed by atoms with van der Waals surface area (Å²) in [6, 6.07) is 10.2. The van der Waals surface area contributed by atoms with Crippen molar-refractivity contribution in [1.29, 1.82) is 0 Å². The first-order valence-electron chi connectivity index (χ1n) is 6.25. The monoisotopic (exact) mass is 245 g/mol. The third kappa shape index (κ3) is 3.14. The molecule has 0 aliphatic heterocycles. The van der Waals surface area contributed by atoms with E-state index in [0.717, 1.165) is 30.0 Å².